The fraction of sp³-hybridized carbons (Fsp3) is 0.300. The molecule has 0 fully saturated rings. The Morgan fingerprint density at radius 1 is 1.29 bits per heavy atom. The third-order valence-electron chi connectivity index (χ3n) is 1.87. The van der Waals surface area contributed by atoms with Crippen LogP contribution in [0.15, 0.2) is 29.4 Å². The van der Waals surface area contributed by atoms with Crippen molar-refractivity contribution in [1.29, 1.82) is 0 Å². The Morgan fingerprint density at radius 3 is 2.71 bits per heavy atom. The summed E-state index contributed by atoms with van der Waals surface area (Å²) >= 11 is 0. The Hall–Kier alpha value is -0.790. The maximum absolute atomic E-state index is 4.41. The minimum absolute atomic E-state index is 0. The van der Waals surface area contributed by atoms with Crippen molar-refractivity contribution in [3.05, 3.63) is 34.9 Å². The van der Waals surface area contributed by atoms with Crippen LogP contribution in [0.5, 0.6) is 0 Å². The largest absolute Gasteiger partial charge is 0.353 e. The Balaban J connectivity index is 0.00000144. The molecule has 2 rings (SSSR count). The van der Waals surface area contributed by atoms with E-state index in [9.17, 15) is 0 Å². The fourth-order valence-electron chi connectivity index (χ4n) is 1.07. The molecule has 0 radical (unpaired) electrons. The molecule has 0 saturated heterocycles. The van der Waals surface area contributed by atoms with E-state index in [4.69, 9.17) is 0 Å². The van der Waals surface area contributed by atoms with Gasteiger partial charge in [-0.25, -0.2) is 0 Å². The van der Waals surface area contributed by atoms with Crippen LogP contribution in [0.2, 0.25) is 0 Å². The van der Waals surface area contributed by atoms with Crippen LogP contribution in [0.1, 0.15) is 5.69 Å². The number of anilines is 1. The van der Waals surface area contributed by atoms with Crippen molar-refractivity contribution >= 4 is 42.8 Å². The summed E-state index contributed by atoms with van der Waals surface area (Å²) in [5.41, 5.74) is 0.967. The first-order valence-corrected chi connectivity index (χ1v) is 6.95. The van der Waals surface area contributed by atoms with Crippen molar-refractivity contribution in [2.75, 3.05) is 19.0 Å². The lowest BCUT2D eigenvalue weighted by molar-refractivity contribution is 0.938. The second kappa shape index (κ2) is 6.83. The van der Waals surface area contributed by atoms with Crippen LogP contribution in [-0.4, -0.2) is 24.1 Å². The van der Waals surface area contributed by atoms with E-state index >= 15 is 0 Å². The summed E-state index contributed by atoms with van der Waals surface area (Å²) in [7, 11) is 7.19. The first kappa shape index (κ1) is 14.3. The van der Waals surface area contributed by atoms with Gasteiger partial charge in [-0.3, -0.25) is 9.98 Å². The van der Waals surface area contributed by atoms with E-state index in [1.54, 1.807) is 26.9 Å². The van der Waals surface area contributed by atoms with Gasteiger partial charge in [-0.05, 0) is 32.8 Å². The summed E-state index contributed by atoms with van der Waals surface area (Å²) < 4.78 is 0. The monoisotopic (exact) mass is 332 g/mol. The van der Waals surface area contributed by atoms with Crippen LogP contribution in [0.25, 0.3) is 0 Å². The van der Waals surface area contributed by atoms with E-state index in [2.05, 4.69) is 15.0 Å². The molecule has 0 unspecified atom stereocenters. The highest BCUT2D eigenvalue weighted by Crippen LogP contribution is 2.15. The van der Waals surface area contributed by atoms with Crippen molar-refractivity contribution in [1.82, 2.24) is 9.97 Å². The highest BCUT2D eigenvalue weighted by molar-refractivity contribution is 8.93. The lowest BCUT2D eigenvalue weighted by Gasteiger charge is -2.03. The fourth-order valence-corrected chi connectivity index (χ4v) is 3.07. The van der Waals surface area contributed by atoms with Gasteiger partial charge < -0.3 is 4.90 Å². The molecule has 7 heteroatoms. The van der Waals surface area contributed by atoms with Crippen molar-refractivity contribution in [2.24, 2.45) is 4.99 Å². The standard InChI is InChI=1S/C10H12N4S2.BrH/c1-14(2)10-13-9(15-16-10)12-7-8-5-3-4-6-11-8;/h3-6H,7H2,1-2H3;1H. The molecule has 2 heterocycles. The van der Waals surface area contributed by atoms with Gasteiger partial charge in [0.1, 0.15) is 0 Å². The van der Waals surface area contributed by atoms with Gasteiger partial charge in [0.15, 0.2) is 5.13 Å². The molecule has 2 aromatic heterocycles. The Bertz CT molecular complexity index is 506. The second-order valence-electron chi connectivity index (χ2n) is 3.38. The Labute approximate surface area is 118 Å². The maximum atomic E-state index is 4.41. The van der Waals surface area contributed by atoms with Crippen LogP contribution < -0.4 is 9.70 Å². The first-order valence-electron chi connectivity index (χ1n) is 4.80. The lowest BCUT2D eigenvalue weighted by atomic mass is 10.4. The second-order valence-corrected chi connectivity index (χ2v) is 5.44. The third-order valence-corrected chi connectivity index (χ3v) is 4.07. The van der Waals surface area contributed by atoms with Crippen molar-refractivity contribution in [3.63, 3.8) is 0 Å². The highest BCUT2D eigenvalue weighted by Gasteiger charge is 1.99. The molecule has 0 bridgehead atoms. The molecule has 0 amide bonds. The van der Waals surface area contributed by atoms with Crippen LogP contribution in [0.3, 0.4) is 0 Å². The van der Waals surface area contributed by atoms with Crippen molar-refractivity contribution in [3.8, 4) is 0 Å². The zero-order valence-electron chi connectivity index (χ0n) is 9.53. The van der Waals surface area contributed by atoms with Gasteiger partial charge in [0.05, 0.1) is 12.2 Å². The van der Waals surface area contributed by atoms with E-state index in [0.29, 0.717) is 6.54 Å². The smallest absolute Gasteiger partial charge is 0.217 e. The number of rotatable bonds is 3. The zero-order chi connectivity index (χ0) is 11.4. The zero-order valence-corrected chi connectivity index (χ0v) is 12.9. The van der Waals surface area contributed by atoms with Crippen LogP contribution in [-0.2, 0) is 6.54 Å². The first-order chi connectivity index (χ1) is 7.75. The molecule has 0 spiro atoms. The van der Waals surface area contributed by atoms with Crippen LogP contribution >= 0.6 is 37.7 Å². The summed E-state index contributed by atoms with van der Waals surface area (Å²) in [5, 5.41) is 0.991. The van der Waals surface area contributed by atoms with E-state index < -0.39 is 0 Å². The quantitative estimate of drug-likeness (QED) is 0.810. The van der Waals surface area contributed by atoms with Crippen LogP contribution in [0.4, 0.5) is 5.13 Å². The Morgan fingerprint density at radius 2 is 2.12 bits per heavy atom. The highest BCUT2D eigenvalue weighted by atomic mass is 79.9. The van der Waals surface area contributed by atoms with Gasteiger partial charge in [-0.15, -0.1) is 17.0 Å². The van der Waals surface area contributed by atoms with E-state index in [0.717, 1.165) is 15.6 Å². The van der Waals surface area contributed by atoms with Crippen molar-refractivity contribution in [2.45, 2.75) is 6.54 Å². The molecule has 2 aromatic rings. The molecule has 0 N–H and O–H groups in total. The molecule has 0 saturated carbocycles. The summed E-state index contributed by atoms with van der Waals surface area (Å²) in [4.78, 5) is 15.8. The minimum Gasteiger partial charge on any atom is -0.353 e. The molecule has 0 aliphatic heterocycles. The molecule has 17 heavy (non-hydrogen) atoms. The number of hydrogen-bond acceptors (Lipinski definition) is 6. The number of nitrogens with zero attached hydrogens (tertiary/aromatic N) is 4. The Kier molecular flexibility index (Phi) is 5.73. The molecule has 92 valence electrons. The number of hydrogen-bond donors (Lipinski definition) is 0. The van der Waals surface area contributed by atoms with Gasteiger partial charge in [-0.2, -0.15) is 4.98 Å². The average Bonchev–Trinajstić information content (AvgIpc) is 2.76. The molecular weight excluding hydrogens is 320 g/mol. The minimum atomic E-state index is 0. The molecule has 0 atom stereocenters. The molecular formula is C10H13BrN4S2. The maximum Gasteiger partial charge on any atom is 0.217 e. The molecule has 0 aliphatic carbocycles. The van der Waals surface area contributed by atoms with Crippen molar-refractivity contribution < 1.29 is 0 Å². The number of pyridine rings is 1. The topological polar surface area (TPSA) is 41.4 Å². The van der Waals surface area contributed by atoms with Gasteiger partial charge in [0, 0.05) is 20.3 Å². The molecule has 0 aliphatic rings. The third kappa shape index (κ3) is 4.18. The summed E-state index contributed by atoms with van der Waals surface area (Å²) in [6.45, 7) is 0.591. The van der Waals surface area contributed by atoms with Gasteiger partial charge in [-0.1, -0.05) is 6.07 Å². The summed E-state index contributed by atoms with van der Waals surface area (Å²) in [5.74, 6) is 0. The number of aromatic nitrogens is 2. The van der Waals surface area contributed by atoms with Gasteiger partial charge >= 0.3 is 0 Å². The number of halogens is 1. The predicted molar refractivity (Wildman–Crippen MR) is 78.1 cm³/mol. The summed E-state index contributed by atoms with van der Waals surface area (Å²) in [6, 6.07) is 5.83. The predicted octanol–water partition coefficient (Wildman–Crippen LogP) is 2.34. The van der Waals surface area contributed by atoms with Crippen LogP contribution in [0, 0.1) is 0 Å². The van der Waals surface area contributed by atoms with Gasteiger partial charge in [0.2, 0.25) is 4.80 Å². The van der Waals surface area contributed by atoms with Gasteiger partial charge in [0.25, 0.3) is 0 Å². The van der Waals surface area contributed by atoms with E-state index in [-0.39, 0.29) is 17.0 Å². The van der Waals surface area contributed by atoms with E-state index in [1.165, 1.54) is 0 Å². The SMILES string of the molecule is Br.CN(C)c1nc(=NCc2ccccn2)ss1. The summed E-state index contributed by atoms with van der Waals surface area (Å²) in [6.07, 6.45) is 1.78. The molecule has 0 aromatic carbocycles. The average molecular weight is 333 g/mol. The molecule has 4 nitrogen and oxygen atoms in total. The normalized spacial score (nSPS) is 11.1. The van der Waals surface area contributed by atoms with E-state index in [1.807, 2.05) is 37.2 Å². The lowest BCUT2D eigenvalue weighted by Crippen LogP contribution is -2.10.